The highest BCUT2D eigenvalue weighted by atomic mass is 32.5. The van der Waals surface area contributed by atoms with Crippen LogP contribution in [-0.2, 0) is 39.2 Å². The van der Waals surface area contributed by atoms with Crippen LogP contribution in [0.15, 0.2) is 12.7 Å². The number of nitrogen functional groups attached to an aromatic ring is 1. The second-order valence-electron chi connectivity index (χ2n) is 8.69. The van der Waals surface area contributed by atoms with Gasteiger partial charge < -0.3 is 60.2 Å². The third kappa shape index (κ3) is 6.50. The number of phosphoric acid groups is 1. The Kier molecular flexibility index (Phi) is 9.55. The number of fused-ring (bicyclic) bond motifs is 1. The molecule has 4 heterocycles. The van der Waals surface area contributed by atoms with Crippen LogP contribution >= 0.6 is 14.5 Å². The maximum atomic E-state index is 13.9. The zero-order valence-electron chi connectivity index (χ0n) is 19.9. The molecule has 2 aromatic heterocycles. The van der Waals surface area contributed by atoms with E-state index < -0.39 is 89.2 Å². The zero-order chi connectivity index (χ0) is 29.6. The molecule has 2 aromatic rings. The van der Waals surface area contributed by atoms with Crippen LogP contribution < -0.4 is 5.73 Å². The minimum absolute atomic E-state index is 0.0516. The van der Waals surface area contributed by atoms with E-state index in [-0.39, 0.29) is 17.0 Å². The van der Waals surface area contributed by atoms with Gasteiger partial charge in [0, 0.05) is 0 Å². The molecule has 0 spiro atoms. The maximum absolute atomic E-state index is 13.9. The lowest BCUT2D eigenvalue weighted by atomic mass is 9.96. The third-order valence-corrected chi connectivity index (χ3v) is 9.50. The Hall–Kier alpha value is -1.36. The van der Waals surface area contributed by atoms with Crippen molar-refractivity contribution in [2.24, 2.45) is 0 Å². The Labute approximate surface area is 228 Å². The van der Waals surface area contributed by atoms with E-state index in [2.05, 4.69) is 35.6 Å². The molecular formula is C17H26FN5O14P2S. The average Bonchev–Trinajstić information content (AvgIpc) is 3.43. The fourth-order valence-corrected chi connectivity index (χ4v) is 7.09. The highest BCUT2D eigenvalue weighted by Gasteiger charge is 2.51. The molecule has 2 saturated heterocycles. The number of ether oxygens (including phenoxy) is 2. The molecule has 226 valence electrons. The highest BCUT2D eigenvalue weighted by Crippen LogP contribution is 2.61. The molecule has 0 amide bonds. The smallest absolute Gasteiger partial charge is 0.393 e. The van der Waals surface area contributed by atoms with Gasteiger partial charge in [-0.05, 0) is 11.8 Å². The molecule has 0 bridgehead atoms. The summed E-state index contributed by atoms with van der Waals surface area (Å²) in [4.78, 5) is 32.1. The second-order valence-corrected chi connectivity index (χ2v) is 13.1. The van der Waals surface area contributed by atoms with Gasteiger partial charge in [-0.25, -0.2) is 28.2 Å². The first-order chi connectivity index (χ1) is 18.7. The number of hydrogen-bond donors (Lipinski definition) is 9. The fourth-order valence-electron chi connectivity index (χ4n) is 3.99. The monoisotopic (exact) mass is 637 g/mol. The Morgan fingerprint density at radius 3 is 2.45 bits per heavy atom. The summed E-state index contributed by atoms with van der Waals surface area (Å²) in [6.07, 6.45) is -16.3. The molecule has 23 heteroatoms. The highest BCUT2D eigenvalue weighted by molar-refractivity contribution is 8.08. The number of nitrogens with zero attached hydrogens (tertiary/aromatic N) is 4. The number of rotatable bonds is 10. The average molecular weight is 637 g/mol. The van der Waals surface area contributed by atoms with E-state index in [1.165, 1.54) is 10.9 Å². The van der Waals surface area contributed by atoms with E-state index in [1.807, 2.05) is 0 Å². The standard InChI is InChI=1S/C17H26FN5O14P2S/c18-5(1-24)13-10(27)9(26)12(29)17(35-13)36-38(30,31)37-39(32,40)33-2-6-8(25)11(28)16(34-6)23-4-22-7-14(19)20-3-21-15(7)23/h3-6,8-13,16-17,24-29H,1-2H2,(H,30,31)(H,32,40)(H2,19,20,21)/t5-,6+,8?,9?,10-,11-,12+,13?,16+,17-,39?/m0/s1. The predicted molar refractivity (Wildman–Crippen MR) is 129 cm³/mol. The summed E-state index contributed by atoms with van der Waals surface area (Å²) in [7, 11) is -5.49. The van der Waals surface area contributed by atoms with Gasteiger partial charge in [0.15, 0.2) is 30.2 Å². The topological polar surface area (TPSA) is 295 Å². The molecule has 10 N–H and O–H groups in total. The summed E-state index contributed by atoms with van der Waals surface area (Å²) < 4.78 is 52.0. The van der Waals surface area contributed by atoms with Gasteiger partial charge in [0.05, 0.1) is 19.5 Å². The molecule has 0 saturated carbocycles. The molecule has 2 aliphatic heterocycles. The molecule has 4 rings (SSSR count). The quantitative estimate of drug-likeness (QED) is 0.114. The van der Waals surface area contributed by atoms with Gasteiger partial charge in [-0.15, -0.1) is 0 Å². The van der Waals surface area contributed by atoms with Crippen LogP contribution in [0.5, 0.6) is 0 Å². The van der Waals surface area contributed by atoms with Gasteiger partial charge in [-0.1, -0.05) is 0 Å². The van der Waals surface area contributed by atoms with Crippen molar-refractivity contribution in [1.29, 1.82) is 0 Å². The van der Waals surface area contributed by atoms with E-state index in [0.29, 0.717) is 0 Å². The minimum Gasteiger partial charge on any atom is -0.393 e. The van der Waals surface area contributed by atoms with Crippen LogP contribution in [0.25, 0.3) is 11.2 Å². The van der Waals surface area contributed by atoms with Crippen molar-refractivity contribution in [1.82, 2.24) is 19.5 Å². The van der Waals surface area contributed by atoms with Crippen molar-refractivity contribution in [3.8, 4) is 0 Å². The van der Waals surface area contributed by atoms with Crippen molar-refractivity contribution in [2.75, 3.05) is 18.9 Å². The van der Waals surface area contributed by atoms with Crippen LogP contribution in [-0.4, -0.2) is 128 Å². The Morgan fingerprint density at radius 1 is 1.07 bits per heavy atom. The summed E-state index contributed by atoms with van der Waals surface area (Å²) in [6, 6.07) is 0. The van der Waals surface area contributed by atoms with Crippen LogP contribution in [0.1, 0.15) is 6.23 Å². The number of aliphatic hydroxyl groups excluding tert-OH is 6. The van der Waals surface area contributed by atoms with Gasteiger partial charge in [0.25, 0.3) is 0 Å². The van der Waals surface area contributed by atoms with E-state index in [1.54, 1.807) is 0 Å². The third-order valence-electron chi connectivity index (χ3n) is 5.98. The van der Waals surface area contributed by atoms with Crippen LogP contribution in [0.2, 0.25) is 0 Å². The number of phosphoric ester groups is 1. The summed E-state index contributed by atoms with van der Waals surface area (Å²) in [5, 5.41) is 59.5. The number of nitrogens with two attached hydrogens (primary N) is 1. The molecule has 40 heavy (non-hydrogen) atoms. The van der Waals surface area contributed by atoms with E-state index in [9.17, 15) is 44.3 Å². The predicted octanol–water partition coefficient (Wildman–Crippen LogP) is -3.47. The van der Waals surface area contributed by atoms with Gasteiger partial charge in [0.1, 0.15) is 54.6 Å². The first-order valence-corrected chi connectivity index (χ1v) is 15.3. The summed E-state index contributed by atoms with van der Waals surface area (Å²) in [5.41, 5.74) is 6.10. The van der Waals surface area contributed by atoms with Crippen molar-refractivity contribution in [2.45, 2.75) is 61.4 Å². The van der Waals surface area contributed by atoms with Crippen LogP contribution in [0.4, 0.5) is 10.2 Å². The van der Waals surface area contributed by atoms with Crippen molar-refractivity contribution in [3.63, 3.8) is 0 Å². The van der Waals surface area contributed by atoms with Crippen molar-refractivity contribution < 1.29 is 72.2 Å². The molecule has 2 aliphatic rings. The van der Waals surface area contributed by atoms with Gasteiger partial charge in [-0.3, -0.25) is 9.09 Å². The van der Waals surface area contributed by atoms with Gasteiger partial charge >= 0.3 is 14.5 Å². The van der Waals surface area contributed by atoms with E-state index >= 15 is 0 Å². The maximum Gasteiger partial charge on any atom is 0.481 e. The number of aromatic nitrogens is 4. The first kappa shape index (κ1) is 31.6. The fraction of sp³-hybridized carbons (Fsp3) is 0.706. The van der Waals surface area contributed by atoms with Gasteiger partial charge in [-0.2, -0.15) is 0 Å². The Bertz CT molecular complexity index is 1300. The number of imidazole rings is 1. The number of alkyl halides is 1. The lowest BCUT2D eigenvalue weighted by Crippen LogP contribution is -2.60. The molecule has 5 unspecified atom stereocenters. The van der Waals surface area contributed by atoms with E-state index in [4.69, 9.17) is 24.8 Å². The lowest BCUT2D eigenvalue weighted by Gasteiger charge is -2.41. The number of aliphatic hydroxyl groups is 6. The largest absolute Gasteiger partial charge is 0.481 e. The minimum atomic E-state index is -5.49. The summed E-state index contributed by atoms with van der Waals surface area (Å²) in [6.45, 7) is -6.63. The van der Waals surface area contributed by atoms with E-state index in [0.717, 1.165) is 6.33 Å². The Morgan fingerprint density at radius 2 is 1.77 bits per heavy atom. The zero-order valence-corrected chi connectivity index (χ0v) is 22.5. The van der Waals surface area contributed by atoms with Crippen LogP contribution in [0, 0.1) is 0 Å². The summed E-state index contributed by atoms with van der Waals surface area (Å²) >= 11 is 4.68. The molecule has 19 nitrogen and oxygen atoms in total. The molecule has 0 aliphatic carbocycles. The molecule has 2 fully saturated rings. The lowest BCUT2D eigenvalue weighted by molar-refractivity contribution is -0.287. The number of halogens is 1. The normalized spacial score (nSPS) is 36.8. The Balaban J connectivity index is 1.38. The van der Waals surface area contributed by atoms with Gasteiger partial charge in [0.2, 0.25) is 0 Å². The number of anilines is 1. The van der Waals surface area contributed by atoms with Crippen molar-refractivity contribution >= 4 is 43.3 Å². The first-order valence-electron chi connectivity index (χ1n) is 11.2. The summed E-state index contributed by atoms with van der Waals surface area (Å²) in [5.74, 6) is 0.0516. The molecule has 0 radical (unpaired) electrons. The van der Waals surface area contributed by atoms with Crippen LogP contribution in [0.3, 0.4) is 0 Å². The number of hydrogen-bond acceptors (Lipinski definition) is 17. The van der Waals surface area contributed by atoms with Crippen molar-refractivity contribution in [3.05, 3.63) is 12.7 Å². The SMILES string of the molecule is Nc1ncnc2c1ncn2[C@@H]1O[C@H](COP(O)(=S)OP(=O)(O)O[C@@H]2OC([C@@H](F)CO)[C@@H](O)C(O)[C@H]2O)C(O)[C@@H]1O. The molecular weight excluding hydrogens is 611 g/mol. The molecule has 0 aromatic carbocycles. The molecule has 12 atom stereocenters. The second kappa shape index (κ2) is 12.1.